The van der Waals surface area contributed by atoms with E-state index < -0.39 is 8.07 Å². The van der Waals surface area contributed by atoms with Crippen molar-refractivity contribution >= 4 is 23.6 Å². The van der Waals surface area contributed by atoms with Gasteiger partial charge in [0.1, 0.15) is 0 Å². The summed E-state index contributed by atoms with van der Waals surface area (Å²) in [5.41, 5.74) is 7.47. The monoisotopic (exact) mass is 547 g/mol. The Morgan fingerprint density at radius 2 is 0.875 bits per heavy atom. The summed E-state index contributed by atoms with van der Waals surface area (Å²) in [7, 11) is -2.56. The molecule has 1 radical (unpaired) electrons. The van der Waals surface area contributed by atoms with Crippen LogP contribution in [0.25, 0.3) is 0 Å². The van der Waals surface area contributed by atoms with Crippen molar-refractivity contribution in [3.8, 4) is 0 Å². The molecule has 40 heavy (non-hydrogen) atoms. The van der Waals surface area contributed by atoms with Crippen molar-refractivity contribution < 1.29 is 0 Å². The first-order valence-corrected chi connectivity index (χ1v) is 17.9. The molecule has 3 aromatic carbocycles. The third kappa shape index (κ3) is 6.63. The molecule has 0 saturated heterocycles. The van der Waals surface area contributed by atoms with Crippen molar-refractivity contribution in [2.75, 3.05) is 0 Å². The van der Waals surface area contributed by atoms with Gasteiger partial charge in [0.05, 0.1) is 0 Å². The first-order chi connectivity index (χ1) is 19.3. The molecule has 0 spiro atoms. The third-order valence-electron chi connectivity index (χ3n) is 8.65. The summed E-state index contributed by atoms with van der Waals surface area (Å²) in [5.74, 6) is 0. The van der Waals surface area contributed by atoms with Crippen LogP contribution < -0.4 is 15.6 Å². The minimum absolute atomic E-state index is 0.0697. The fourth-order valence-corrected chi connectivity index (χ4v) is 11.4. The Balaban J connectivity index is 1.95. The van der Waals surface area contributed by atoms with Gasteiger partial charge in [0.15, 0.2) is 8.07 Å². The molecule has 0 unspecified atom stereocenters. The molecule has 211 valence electrons. The predicted octanol–water partition coefficient (Wildman–Crippen LogP) is 8.84. The molecule has 0 heterocycles. The second kappa shape index (κ2) is 13.8. The van der Waals surface area contributed by atoms with E-state index in [-0.39, 0.29) is 5.41 Å². The molecule has 0 atom stereocenters. The lowest BCUT2D eigenvalue weighted by atomic mass is 9.85. The molecule has 0 saturated carbocycles. The first-order valence-electron chi connectivity index (χ1n) is 15.9. The SMILES string of the molecule is CCCCc1ccc([Si]([C]2C=CC=C2C(C)(C)C)(c2ccc(CCCC)cc2)c2ccc(CCCC)cc2)cc1. The van der Waals surface area contributed by atoms with Gasteiger partial charge in [-0.15, -0.1) is 0 Å². The van der Waals surface area contributed by atoms with Gasteiger partial charge in [-0.1, -0.05) is 157 Å². The van der Waals surface area contributed by atoms with Crippen LogP contribution in [0.1, 0.15) is 96.8 Å². The van der Waals surface area contributed by atoms with Gasteiger partial charge in [-0.25, -0.2) is 0 Å². The summed E-state index contributed by atoms with van der Waals surface area (Å²) >= 11 is 0. The molecule has 1 aliphatic rings. The van der Waals surface area contributed by atoms with Crippen LogP contribution in [0.2, 0.25) is 0 Å². The highest BCUT2D eigenvalue weighted by Gasteiger charge is 2.49. The highest BCUT2D eigenvalue weighted by Crippen LogP contribution is 2.41. The van der Waals surface area contributed by atoms with Crippen molar-refractivity contribution in [2.24, 2.45) is 5.41 Å². The smallest absolute Gasteiger partial charge is 0.0750 e. The van der Waals surface area contributed by atoms with Crippen LogP contribution in [0.3, 0.4) is 0 Å². The molecule has 0 bridgehead atoms. The second-order valence-electron chi connectivity index (χ2n) is 12.8. The largest absolute Gasteiger partial charge is 0.163 e. The van der Waals surface area contributed by atoms with Crippen LogP contribution in [0, 0.1) is 11.0 Å². The minimum Gasteiger partial charge on any atom is -0.0750 e. The second-order valence-corrected chi connectivity index (χ2v) is 16.5. The highest BCUT2D eigenvalue weighted by molar-refractivity contribution is 7.16. The fourth-order valence-electron chi connectivity index (χ4n) is 6.27. The lowest BCUT2D eigenvalue weighted by Gasteiger charge is -2.42. The van der Waals surface area contributed by atoms with E-state index in [0.717, 1.165) is 19.3 Å². The first kappa shape index (κ1) is 30.3. The average molecular weight is 548 g/mol. The van der Waals surface area contributed by atoms with E-state index in [4.69, 9.17) is 0 Å². The van der Waals surface area contributed by atoms with E-state index in [1.54, 1.807) is 5.54 Å². The van der Waals surface area contributed by atoms with Gasteiger partial charge >= 0.3 is 0 Å². The van der Waals surface area contributed by atoms with Gasteiger partial charge in [0.25, 0.3) is 0 Å². The summed E-state index contributed by atoms with van der Waals surface area (Å²) in [4.78, 5) is 0. The normalized spacial score (nSPS) is 14.1. The van der Waals surface area contributed by atoms with Crippen molar-refractivity contribution in [2.45, 2.75) is 99.3 Å². The van der Waals surface area contributed by atoms with Gasteiger partial charge in [-0.2, -0.15) is 0 Å². The molecule has 4 rings (SSSR count). The third-order valence-corrected chi connectivity index (χ3v) is 13.5. The van der Waals surface area contributed by atoms with Gasteiger partial charge < -0.3 is 0 Å². The fraction of sp³-hybridized carbons (Fsp3) is 0.410. The summed E-state index contributed by atoms with van der Waals surface area (Å²) in [6.45, 7) is 14.0. The number of aryl methyl sites for hydroxylation is 3. The van der Waals surface area contributed by atoms with Crippen LogP contribution in [-0.4, -0.2) is 8.07 Å². The maximum Gasteiger partial charge on any atom is 0.163 e. The van der Waals surface area contributed by atoms with Crippen LogP contribution in [0.15, 0.2) is 96.6 Å². The van der Waals surface area contributed by atoms with E-state index in [0.29, 0.717) is 0 Å². The Labute approximate surface area is 246 Å². The minimum atomic E-state index is -2.56. The van der Waals surface area contributed by atoms with E-state index in [1.807, 2.05) is 0 Å². The molecule has 0 N–H and O–H groups in total. The molecule has 0 amide bonds. The van der Waals surface area contributed by atoms with Crippen LogP contribution in [0.4, 0.5) is 0 Å². The van der Waals surface area contributed by atoms with Gasteiger partial charge in [0, 0.05) is 5.54 Å². The van der Waals surface area contributed by atoms with Crippen molar-refractivity contribution in [3.63, 3.8) is 0 Å². The number of allylic oxidation sites excluding steroid dienone is 4. The van der Waals surface area contributed by atoms with E-state index >= 15 is 0 Å². The van der Waals surface area contributed by atoms with Crippen molar-refractivity contribution in [1.82, 2.24) is 0 Å². The quantitative estimate of drug-likeness (QED) is 0.148. The lowest BCUT2D eigenvalue weighted by molar-refractivity contribution is 0.509. The molecule has 1 heteroatoms. The van der Waals surface area contributed by atoms with E-state index in [1.165, 1.54) is 76.3 Å². The molecule has 0 aromatic heterocycles. The number of hydrogen-bond acceptors (Lipinski definition) is 0. The Bertz CT molecular complexity index is 1130. The Morgan fingerprint density at radius 1 is 0.525 bits per heavy atom. The average Bonchev–Trinajstić information content (AvgIpc) is 3.47. The molecule has 0 nitrogen and oxygen atoms in total. The molecule has 0 fully saturated rings. The Kier molecular flexibility index (Phi) is 10.5. The van der Waals surface area contributed by atoms with Gasteiger partial charge in [0.2, 0.25) is 0 Å². The molecular weight excluding hydrogens is 497 g/mol. The molecular formula is C39H51Si. The van der Waals surface area contributed by atoms with Crippen molar-refractivity contribution in [1.29, 1.82) is 0 Å². The zero-order chi connectivity index (χ0) is 28.6. The summed E-state index contributed by atoms with van der Waals surface area (Å²) in [6.07, 6.45) is 18.1. The summed E-state index contributed by atoms with van der Waals surface area (Å²) in [5, 5.41) is 4.48. The van der Waals surface area contributed by atoms with Crippen molar-refractivity contribution in [3.05, 3.63) is 119 Å². The van der Waals surface area contributed by atoms with Crippen LogP contribution in [-0.2, 0) is 19.3 Å². The Hall–Kier alpha value is -2.64. The van der Waals surface area contributed by atoms with Gasteiger partial charge in [-0.05, 0) is 76.2 Å². The maximum absolute atomic E-state index is 2.56. The topological polar surface area (TPSA) is 0 Å². The predicted molar refractivity (Wildman–Crippen MR) is 180 cm³/mol. The Morgan fingerprint density at radius 3 is 1.18 bits per heavy atom. The zero-order valence-electron chi connectivity index (χ0n) is 26.0. The molecule has 0 aliphatic heterocycles. The zero-order valence-corrected chi connectivity index (χ0v) is 27.0. The molecule has 3 aromatic rings. The van der Waals surface area contributed by atoms with Gasteiger partial charge in [-0.3, -0.25) is 0 Å². The summed E-state index contributed by atoms with van der Waals surface area (Å²) in [6, 6.07) is 29.4. The molecule has 1 aliphatic carbocycles. The standard InChI is InChI=1S/C39H51Si/c1-7-10-14-31-19-25-34(26-20-31)40(38-18-13-17-37(38)39(4,5)6,35-27-21-32(22-28-35)15-11-8-2)36-29-23-33(24-30-36)16-12-9-3/h13,17-30H,7-12,14-16H2,1-6H3. The van der Waals surface area contributed by atoms with E-state index in [9.17, 15) is 0 Å². The number of hydrogen-bond donors (Lipinski definition) is 0. The highest BCUT2D eigenvalue weighted by atomic mass is 28.3. The summed E-state index contributed by atoms with van der Waals surface area (Å²) < 4.78 is 0. The number of benzene rings is 3. The number of unbranched alkanes of at least 4 members (excludes halogenated alkanes) is 3. The lowest BCUT2D eigenvalue weighted by Crippen LogP contribution is -2.71. The number of rotatable bonds is 13. The van der Waals surface area contributed by atoms with Crippen LogP contribution >= 0.6 is 0 Å². The van der Waals surface area contributed by atoms with Crippen LogP contribution in [0.5, 0.6) is 0 Å². The maximum atomic E-state index is 2.48. The van der Waals surface area contributed by atoms with E-state index in [2.05, 4.69) is 133 Å².